The molecule has 2 aromatic rings. The first kappa shape index (κ1) is 12.4. The Kier molecular flexibility index (Phi) is 3.16. The molecule has 98 valence electrons. The predicted molar refractivity (Wildman–Crippen MR) is 80.5 cm³/mol. The van der Waals surface area contributed by atoms with Crippen LogP contribution in [0, 0.1) is 13.8 Å². The monoisotopic (exact) mass is 251 g/mol. The van der Waals surface area contributed by atoms with Crippen LogP contribution < -0.4 is 5.73 Å². The molecule has 0 aliphatic heterocycles. The van der Waals surface area contributed by atoms with E-state index in [2.05, 4.69) is 56.3 Å². The zero-order chi connectivity index (χ0) is 13.4. The lowest BCUT2D eigenvalue weighted by Gasteiger charge is -2.35. The average molecular weight is 251 g/mol. The molecule has 2 N–H and O–H groups in total. The summed E-state index contributed by atoms with van der Waals surface area (Å²) < 4.78 is 0. The summed E-state index contributed by atoms with van der Waals surface area (Å²) in [6, 6.07) is 15.4. The molecule has 0 bridgehead atoms. The van der Waals surface area contributed by atoms with Crippen LogP contribution in [0.1, 0.15) is 33.7 Å². The molecule has 19 heavy (non-hydrogen) atoms. The number of nitrogens with two attached hydrogens (primary N) is 1. The zero-order valence-corrected chi connectivity index (χ0v) is 11.7. The van der Waals surface area contributed by atoms with E-state index in [0.29, 0.717) is 5.92 Å². The SMILES string of the molecule is Cc1cccc(C)c1CC(N)C1Cc2ccccc21. The van der Waals surface area contributed by atoms with Gasteiger partial charge < -0.3 is 5.73 Å². The van der Waals surface area contributed by atoms with Gasteiger partial charge in [0.2, 0.25) is 0 Å². The van der Waals surface area contributed by atoms with Gasteiger partial charge in [0.25, 0.3) is 0 Å². The van der Waals surface area contributed by atoms with Gasteiger partial charge in [0.05, 0.1) is 0 Å². The average Bonchev–Trinajstić information content (AvgIpc) is 2.35. The molecule has 2 unspecified atom stereocenters. The molecule has 0 radical (unpaired) electrons. The minimum atomic E-state index is 0.231. The third-order valence-electron chi connectivity index (χ3n) is 4.50. The maximum absolute atomic E-state index is 6.46. The zero-order valence-electron chi connectivity index (χ0n) is 11.7. The minimum Gasteiger partial charge on any atom is -0.327 e. The molecule has 1 aliphatic rings. The first-order chi connectivity index (χ1) is 9.16. The van der Waals surface area contributed by atoms with Crippen LogP contribution in [0.25, 0.3) is 0 Å². The van der Waals surface area contributed by atoms with Gasteiger partial charge in [0, 0.05) is 12.0 Å². The first-order valence-corrected chi connectivity index (χ1v) is 7.05. The second-order valence-electron chi connectivity index (χ2n) is 5.75. The Bertz CT molecular complexity index is 580. The lowest BCUT2D eigenvalue weighted by atomic mass is 9.72. The highest BCUT2D eigenvalue weighted by atomic mass is 14.7. The summed E-state index contributed by atoms with van der Waals surface area (Å²) in [6.07, 6.45) is 2.12. The van der Waals surface area contributed by atoms with Gasteiger partial charge in [-0.1, -0.05) is 42.5 Å². The van der Waals surface area contributed by atoms with Crippen molar-refractivity contribution >= 4 is 0 Å². The van der Waals surface area contributed by atoms with E-state index in [1.54, 1.807) is 0 Å². The molecule has 0 heterocycles. The van der Waals surface area contributed by atoms with Crippen molar-refractivity contribution in [2.45, 2.75) is 38.6 Å². The van der Waals surface area contributed by atoms with Crippen molar-refractivity contribution in [2.75, 3.05) is 0 Å². The summed E-state index contributed by atoms with van der Waals surface area (Å²) in [7, 11) is 0. The second kappa shape index (κ2) is 4.82. The second-order valence-corrected chi connectivity index (χ2v) is 5.75. The van der Waals surface area contributed by atoms with Gasteiger partial charge >= 0.3 is 0 Å². The Morgan fingerprint density at radius 2 is 1.74 bits per heavy atom. The summed E-state index contributed by atoms with van der Waals surface area (Å²) in [5.74, 6) is 0.537. The molecule has 0 saturated heterocycles. The van der Waals surface area contributed by atoms with Crippen molar-refractivity contribution in [3.05, 3.63) is 70.3 Å². The molecule has 0 amide bonds. The number of aryl methyl sites for hydroxylation is 2. The van der Waals surface area contributed by atoms with E-state index >= 15 is 0 Å². The largest absolute Gasteiger partial charge is 0.327 e. The highest BCUT2D eigenvalue weighted by Crippen LogP contribution is 2.37. The number of benzene rings is 2. The smallest absolute Gasteiger partial charge is 0.0152 e. The van der Waals surface area contributed by atoms with Crippen LogP contribution in [-0.4, -0.2) is 6.04 Å². The molecular formula is C18H21N. The number of fused-ring (bicyclic) bond motifs is 1. The maximum atomic E-state index is 6.46. The maximum Gasteiger partial charge on any atom is 0.0152 e. The molecule has 0 saturated carbocycles. The van der Waals surface area contributed by atoms with Crippen molar-refractivity contribution < 1.29 is 0 Å². The fourth-order valence-corrected chi connectivity index (χ4v) is 3.23. The van der Waals surface area contributed by atoms with Gasteiger partial charge in [-0.2, -0.15) is 0 Å². The topological polar surface area (TPSA) is 26.0 Å². The van der Waals surface area contributed by atoms with Crippen LogP contribution in [0.4, 0.5) is 0 Å². The third-order valence-corrected chi connectivity index (χ3v) is 4.50. The van der Waals surface area contributed by atoms with E-state index in [4.69, 9.17) is 5.73 Å². The molecule has 2 aromatic carbocycles. The van der Waals surface area contributed by atoms with Crippen LogP contribution in [0.3, 0.4) is 0 Å². The van der Waals surface area contributed by atoms with Crippen LogP contribution in [0.2, 0.25) is 0 Å². The Morgan fingerprint density at radius 3 is 2.42 bits per heavy atom. The Balaban J connectivity index is 1.79. The van der Waals surface area contributed by atoms with Gasteiger partial charge in [0.1, 0.15) is 0 Å². The van der Waals surface area contributed by atoms with Gasteiger partial charge in [-0.15, -0.1) is 0 Å². The van der Waals surface area contributed by atoms with Crippen molar-refractivity contribution in [2.24, 2.45) is 5.73 Å². The van der Waals surface area contributed by atoms with E-state index < -0.39 is 0 Å². The lowest BCUT2D eigenvalue weighted by Crippen LogP contribution is -2.37. The van der Waals surface area contributed by atoms with Crippen LogP contribution in [0.5, 0.6) is 0 Å². The van der Waals surface area contributed by atoms with Crippen molar-refractivity contribution in [1.29, 1.82) is 0 Å². The summed E-state index contributed by atoms with van der Waals surface area (Å²) >= 11 is 0. The molecule has 0 spiro atoms. The summed E-state index contributed by atoms with van der Waals surface area (Å²) in [6.45, 7) is 4.37. The molecule has 2 atom stereocenters. The van der Waals surface area contributed by atoms with E-state index in [1.807, 2.05) is 0 Å². The van der Waals surface area contributed by atoms with Crippen molar-refractivity contribution in [3.63, 3.8) is 0 Å². The molecule has 1 heteroatoms. The quantitative estimate of drug-likeness (QED) is 0.887. The van der Waals surface area contributed by atoms with E-state index in [0.717, 1.165) is 12.8 Å². The van der Waals surface area contributed by atoms with Crippen LogP contribution in [0.15, 0.2) is 42.5 Å². The third kappa shape index (κ3) is 2.19. The fraction of sp³-hybridized carbons (Fsp3) is 0.333. The Morgan fingerprint density at radius 1 is 1.05 bits per heavy atom. The number of rotatable bonds is 3. The van der Waals surface area contributed by atoms with Crippen molar-refractivity contribution in [3.8, 4) is 0 Å². The molecule has 3 rings (SSSR count). The predicted octanol–water partition coefficient (Wildman–Crippen LogP) is 3.51. The van der Waals surface area contributed by atoms with Crippen molar-refractivity contribution in [1.82, 2.24) is 0 Å². The van der Waals surface area contributed by atoms with E-state index in [1.165, 1.54) is 27.8 Å². The van der Waals surface area contributed by atoms with Gasteiger partial charge in [-0.05, 0) is 54.5 Å². The van der Waals surface area contributed by atoms with Gasteiger partial charge in [0.15, 0.2) is 0 Å². The molecule has 0 fully saturated rings. The van der Waals surface area contributed by atoms with Gasteiger partial charge in [-0.3, -0.25) is 0 Å². The highest BCUT2D eigenvalue weighted by Gasteiger charge is 2.30. The van der Waals surface area contributed by atoms with Crippen LogP contribution >= 0.6 is 0 Å². The summed E-state index contributed by atoms with van der Waals surface area (Å²) in [5.41, 5.74) is 13.6. The van der Waals surface area contributed by atoms with E-state index in [9.17, 15) is 0 Å². The number of hydrogen-bond acceptors (Lipinski definition) is 1. The minimum absolute atomic E-state index is 0.231. The summed E-state index contributed by atoms with van der Waals surface area (Å²) in [5, 5.41) is 0. The molecule has 1 nitrogen and oxygen atoms in total. The molecule has 0 aromatic heterocycles. The molecular weight excluding hydrogens is 230 g/mol. The highest BCUT2D eigenvalue weighted by molar-refractivity contribution is 5.42. The standard InChI is InChI=1S/C18H21N/c1-12-6-5-7-13(2)16(12)11-18(19)17-10-14-8-3-4-9-15(14)17/h3-9,17-18H,10-11,19H2,1-2H3. The van der Waals surface area contributed by atoms with Gasteiger partial charge in [-0.25, -0.2) is 0 Å². The Labute approximate surface area is 115 Å². The summed E-state index contributed by atoms with van der Waals surface area (Å²) in [4.78, 5) is 0. The lowest BCUT2D eigenvalue weighted by molar-refractivity contribution is 0.479. The number of hydrogen-bond donors (Lipinski definition) is 1. The first-order valence-electron chi connectivity index (χ1n) is 7.05. The fourth-order valence-electron chi connectivity index (χ4n) is 3.23. The normalized spacial score (nSPS) is 18.6. The van der Waals surface area contributed by atoms with Crippen LogP contribution in [-0.2, 0) is 12.8 Å². The van der Waals surface area contributed by atoms with E-state index in [-0.39, 0.29) is 6.04 Å². The molecule has 1 aliphatic carbocycles. The Hall–Kier alpha value is -1.60.